The lowest BCUT2D eigenvalue weighted by molar-refractivity contribution is 0.885. The van der Waals surface area contributed by atoms with Crippen LogP contribution in [-0.2, 0) is 0 Å². The van der Waals surface area contributed by atoms with Gasteiger partial charge in [-0.2, -0.15) is 0 Å². The molecular weight excluding hydrogens is 198 g/mol. The van der Waals surface area contributed by atoms with Gasteiger partial charge in [0.1, 0.15) is 5.01 Å². The van der Waals surface area contributed by atoms with E-state index >= 15 is 0 Å². The third kappa shape index (κ3) is 2.08. The van der Waals surface area contributed by atoms with E-state index in [-0.39, 0.29) is 0 Å². The molecule has 1 aromatic heterocycles. The van der Waals surface area contributed by atoms with Crippen molar-refractivity contribution in [2.75, 3.05) is 11.5 Å². The SMILES string of the molecule is CC(C)c1cnc(C(C)[SH]2CC2)s1. The van der Waals surface area contributed by atoms with Gasteiger partial charge in [0, 0.05) is 16.3 Å². The van der Waals surface area contributed by atoms with Crippen LogP contribution in [0, 0.1) is 0 Å². The van der Waals surface area contributed by atoms with Crippen LogP contribution in [0.15, 0.2) is 6.20 Å². The number of thiol groups is 1. The van der Waals surface area contributed by atoms with Crippen molar-refractivity contribution in [3.63, 3.8) is 0 Å². The summed E-state index contributed by atoms with van der Waals surface area (Å²) >= 11 is 1.92. The molecule has 0 radical (unpaired) electrons. The third-order valence-corrected chi connectivity index (χ3v) is 6.46. The minimum Gasteiger partial charge on any atom is -0.248 e. The summed E-state index contributed by atoms with van der Waals surface area (Å²) in [6, 6.07) is 0. The second kappa shape index (κ2) is 3.62. The van der Waals surface area contributed by atoms with Crippen molar-refractivity contribution in [1.82, 2.24) is 4.98 Å². The summed E-state index contributed by atoms with van der Waals surface area (Å²) in [7, 11) is 0.354. The standard InChI is InChI=1S/C10H17NS2/c1-7(2)9-6-11-10(12-9)8(3)13-4-5-13/h6-8,13H,4-5H2,1-3H3. The summed E-state index contributed by atoms with van der Waals surface area (Å²) in [6.07, 6.45) is 2.07. The number of nitrogens with zero attached hydrogens (tertiary/aromatic N) is 1. The Morgan fingerprint density at radius 1 is 1.38 bits per heavy atom. The predicted octanol–water partition coefficient (Wildman–Crippen LogP) is 3.34. The van der Waals surface area contributed by atoms with Gasteiger partial charge in [0.15, 0.2) is 0 Å². The second-order valence-electron chi connectivity index (χ2n) is 3.97. The lowest BCUT2D eigenvalue weighted by Crippen LogP contribution is -1.84. The highest BCUT2D eigenvalue weighted by molar-refractivity contribution is 8.23. The molecule has 0 amide bonds. The number of rotatable bonds is 3. The molecule has 13 heavy (non-hydrogen) atoms. The number of aromatic nitrogens is 1. The van der Waals surface area contributed by atoms with E-state index in [0.29, 0.717) is 16.8 Å². The Hall–Kier alpha value is -0.0200. The van der Waals surface area contributed by atoms with Gasteiger partial charge in [-0.05, 0) is 24.3 Å². The molecule has 0 saturated carbocycles. The van der Waals surface area contributed by atoms with Crippen molar-refractivity contribution in [3.05, 3.63) is 16.1 Å². The minimum absolute atomic E-state index is 0.354. The molecule has 1 saturated heterocycles. The number of hydrogen-bond acceptors (Lipinski definition) is 2. The summed E-state index contributed by atoms with van der Waals surface area (Å²) in [6.45, 7) is 6.83. The maximum atomic E-state index is 4.53. The quantitative estimate of drug-likeness (QED) is 0.603. The average Bonchev–Trinajstić information content (AvgIpc) is 2.81. The van der Waals surface area contributed by atoms with Crippen LogP contribution in [0.4, 0.5) is 0 Å². The Labute approximate surface area is 86.9 Å². The molecular formula is C10H17NS2. The van der Waals surface area contributed by atoms with Crippen molar-refractivity contribution in [3.8, 4) is 0 Å². The van der Waals surface area contributed by atoms with Crippen LogP contribution in [0.3, 0.4) is 0 Å². The van der Waals surface area contributed by atoms with E-state index in [1.54, 1.807) is 0 Å². The van der Waals surface area contributed by atoms with Crippen LogP contribution < -0.4 is 0 Å². The first-order valence-corrected chi connectivity index (χ1v) is 7.48. The summed E-state index contributed by atoms with van der Waals surface area (Å²) in [5.41, 5.74) is 0. The molecule has 1 unspecified atom stereocenters. The topological polar surface area (TPSA) is 12.9 Å². The molecule has 1 fully saturated rings. The fourth-order valence-corrected chi connectivity index (χ4v) is 4.44. The lowest BCUT2D eigenvalue weighted by atomic mass is 10.2. The first kappa shape index (κ1) is 9.53. The molecule has 74 valence electrons. The van der Waals surface area contributed by atoms with Crippen LogP contribution in [0.5, 0.6) is 0 Å². The molecule has 0 aliphatic carbocycles. The van der Waals surface area contributed by atoms with Crippen molar-refractivity contribution in [2.45, 2.75) is 31.9 Å². The van der Waals surface area contributed by atoms with Gasteiger partial charge in [-0.25, -0.2) is 15.9 Å². The number of thiazole rings is 1. The monoisotopic (exact) mass is 215 g/mol. The molecule has 1 aromatic rings. The van der Waals surface area contributed by atoms with E-state index in [9.17, 15) is 0 Å². The highest BCUT2D eigenvalue weighted by Gasteiger charge is 2.26. The second-order valence-corrected chi connectivity index (χ2v) is 7.91. The third-order valence-electron chi connectivity index (χ3n) is 2.50. The molecule has 2 rings (SSSR count). The van der Waals surface area contributed by atoms with E-state index in [0.717, 1.165) is 5.25 Å². The summed E-state index contributed by atoms with van der Waals surface area (Å²) in [5.74, 6) is 3.60. The van der Waals surface area contributed by atoms with Gasteiger partial charge in [0.25, 0.3) is 0 Å². The van der Waals surface area contributed by atoms with Crippen LogP contribution in [-0.4, -0.2) is 16.5 Å². The van der Waals surface area contributed by atoms with Crippen molar-refractivity contribution >= 4 is 22.2 Å². The Morgan fingerprint density at radius 2 is 2.08 bits per heavy atom. The maximum absolute atomic E-state index is 4.53. The van der Waals surface area contributed by atoms with Gasteiger partial charge in [-0.1, -0.05) is 13.8 Å². The zero-order valence-corrected chi connectivity index (χ0v) is 10.2. The van der Waals surface area contributed by atoms with Crippen molar-refractivity contribution in [1.29, 1.82) is 0 Å². The molecule has 0 spiro atoms. The first-order chi connectivity index (χ1) is 6.18. The van der Waals surface area contributed by atoms with Gasteiger partial charge in [0.2, 0.25) is 0 Å². The minimum atomic E-state index is 0.354. The molecule has 2 heterocycles. The van der Waals surface area contributed by atoms with Crippen LogP contribution >= 0.6 is 22.2 Å². The highest BCUT2D eigenvalue weighted by Crippen LogP contribution is 2.54. The van der Waals surface area contributed by atoms with Crippen LogP contribution in [0.25, 0.3) is 0 Å². The fourth-order valence-electron chi connectivity index (χ4n) is 1.36. The highest BCUT2D eigenvalue weighted by atomic mass is 32.2. The largest absolute Gasteiger partial charge is 0.248 e. The molecule has 0 N–H and O–H groups in total. The molecule has 1 nitrogen and oxygen atoms in total. The number of hydrogen-bond donors (Lipinski definition) is 1. The molecule has 1 atom stereocenters. The van der Waals surface area contributed by atoms with E-state index in [4.69, 9.17) is 0 Å². The molecule has 3 heteroatoms. The van der Waals surface area contributed by atoms with Gasteiger partial charge in [-0.15, -0.1) is 11.3 Å². The van der Waals surface area contributed by atoms with Gasteiger partial charge >= 0.3 is 0 Å². The van der Waals surface area contributed by atoms with Gasteiger partial charge in [0.05, 0.1) is 0 Å². The normalized spacial score (nSPS) is 20.8. The lowest BCUT2D eigenvalue weighted by Gasteiger charge is -2.07. The van der Waals surface area contributed by atoms with Gasteiger partial charge in [-0.3, -0.25) is 0 Å². The zero-order valence-electron chi connectivity index (χ0n) is 8.45. The Bertz CT molecular complexity index is 289. The molecule has 1 aliphatic heterocycles. The van der Waals surface area contributed by atoms with Crippen molar-refractivity contribution < 1.29 is 0 Å². The summed E-state index contributed by atoms with van der Waals surface area (Å²) in [4.78, 5) is 5.98. The Balaban J connectivity index is 2.11. The van der Waals surface area contributed by atoms with E-state index in [1.165, 1.54) is 21.4 Å². The van der Waals surface area contributed by atoms with Gasteiger partial charge < -0.3 is 0 Å². The van der Waals surface area contributed by atoms with E-state index in [1.807, 2.05) is 11.3 Å². The summed E-state index contributed by atoms with van der Waals surface area (Å²) < 4.78 is 0. The zero-order chi connectivity index (χ0) is 9.42. The Morgan fingerprint density at radius 3 is 2.54 bits per heavy atom. The Kier molecular flexibility index (Phi) is 2.65. The molecule has 0 aromatic carbocycles. The van der Waals surface area contributed by atoms with E-state index < -0.39 is 0 Å². The predicted molar refractivity (Wildman–Crippen MR) is 63.3 cm³/mol. The maximum Gasteiger partial charge on any atom is 0.104 e. The van der Waals surface area contributed by atoms with Crippen LogP contribution in [0.2, 0.25) is 0 Å². The fraction of sp³-hybridized carbons (Fsp3) is 0.700. The smallest absolute Gasteiger partial charge is 0.104 e. The van der Waals surface area contributed by atoms with Crippen LogP contribution in [0.1, 0.15) is 41.8 Å². The van der Waals surface area contributed by atoms with Crippen molar-refractivity contribution in [2.24, 2.45) is 0 Å². The average molecular weight is 215 g/mol. The van der Waals surface area contributed by atoms with E-state index in [2.05, 4.69) is 32.0 Å². The molecule has 0 bridgehead atoms. The first-order valence-electron chi connectivity index (χ1n) is 4.88. The molecule has 1 aliphatic rings. The summed E-state index contributed by atoms with van der Waals surface area (Å²) in [5, 5.41) is 2.15.